The fraction of sp³-hybridized carbons (Fsp3) is 0.316. The Labute approximate surface area is 136 Å². The number of aliphatic carboxylic acids is 1. The first-order valence-corrected chi connectivity index (χ1v) is 7.51. The fourth-order valence-corrected chi connectivity index (χ4v) is 2.20. The monoisotopic (exact) mass is 314 g/mol. The van der Waals surface area contributed by atoms with Gasteiger partial charge in [-0.15, -0.1) is 0 Å². The van der Waals surface area contributed by atoms with Crippen molar-refractivity contribution in [1.82, 2.24) is 0 Å². The molecule has 0 aromatic heterocycles. The molecule has 0 spiro atoms. The first-order valence-electron chi connectivity index (χ1n) is 7.51. The van der Waals surface area contributed by atoms with Gasteiger partial charge in [-0.2, -0.15) is 0 Å². The van der Waals surface area contributed by atoms with Crippen LogP contribution in [0.2, 0.25) is 0 Å². The first kappa shape index (κ1) is 17.0. The standard InChI is InChI=1S/C19H22O4/c1-19(2,18(20)21)16-6-4-5-15(13-16)14-7-9-17(10-8-14)23-12-11-22-3/h4-10,13H,11-12H2,1-3H3,(H,20,21). The minimum Gasteiger partial charge on any atom is -0.491 e. The summed E-state index contributed by atoms with van der Waals surface area (Å²) in [7, 11) is 1.64. The lowest BCUT2D eigenvalue weighted by Crippen LogP contribution is -2.28. The maximum Gasteiger partial charge on any atom is 0.313 e. The number of carboxylic acid groups (broad SMARTS) is 1. The fourth-order valence-electron chi connectivity index (χ4n) is 2.20. The van der Waals surface area contributed by atoms with Crippen LogP contribution in [0.25, 0.3) is 11.1 Å². The molecule has 0 heterocycles. The number of rotatable bonds is 7. The molecule has 2 aromatic carbocycles. The van der Waals surface area contributed by atoms with E-state index in [0.29, 0.717) is 13.2 Å². The van der Waals surface area contributed by atoms with Crippen LogP contribution in [0.15, 0.2) is 48.5 Å². The molecule has 0 aliphatic rings. The molecule has 23 heavy (non-hydrogen) atoms. The van der Waals surface area contributed by atoms with Gasteiger partial charge in [0.05, 0.1) is 12.0 Å². The van der Waals surface area contributed by atoms with Crippen LogP contribution < -0.4 is 4.74 Å². The highest BCUT2D eigenvalue weighted by Crippen LogP contribution is 2.29. The van der Waals surface area contributed by atoms with Crippen molar-refractivity contribution in [3.63, 3.8) is 0 Å². The number of carboxylic acids is 1. The first-order chi connectivity index (χ1) is 10.9. The van der Waals surface area contributed by atoms with Gasteiger partial charge in [-0.05, 0) is 42.7 Å². The summed E-state index contributed by atoms with van der Waals surface area (Å²) >= 11 is 0. The summed E-state index contributed by atoms with van der Waals surface area (Å²) in [6.07, 6.45) is 0. The second-order valence-electron chi connectivity index (χ2n) is 5.88. The predicted octanol–water partition coefficient (Wildman–Crippen LogP) is 3.74. The van der Waals surface area contributed by atoms with E-state index in [1.807, 2.05) is 48.5 Å². The van der Waals surface area contributed by atoms with Crippen LogP contribution in [0, 0.1) is 0 Å². The molecule has 0 atom stereocenters. The van der Waals surface area contributed by atoms with Crippen LogP contribution in [0.3, 0.4) is 0 Å². The summed E-state index contributed by atoms with van der Waals surface area (Å²) in [4.78, 5) is 11.4. The molecule has 0 bridgehead atoms. The second kappa shape index (κ2) is 7.29. The van der Waals surface area contributed by atoms with Gasteiger partial charge in [0.1, 0.15) is 12.4 Å². The van der Waals surface area contributed by atoms with Crippen molar-refractivity contribution in [2.24, 2.45) is 0 Å². The molecule has 2 aromatic rings. The van der Waals surface area contributed by atoms with Gasteiger partial charge < -0.3 is 14.6 Å². The zero-order valence-electron chi connectivity index (χ0n) is 13.7. The predicted molar refractivity (Wildman–Crippen MR) is 89.9 cm³/mol. The molecular formula is C19H22O4. The number of hydrogen-bond donors (Lipinski definition) is 1. The Morgan fingerprint density at radius 2 is 1.74 bits per heavy atom. The van der Waals surface area contributed by atoms with Crippen molar-refractivity contribution in [3.8, 4) is 16.9 Å². The zero-order valence-corrected chi connectivity index (χ0v) is 13.7. The minimum absolute atomic E-state index is 0.512. The van der Waals surface area contributed by atoms with Crippen molar-refractivity contribution in [1.29, 1.82) is 0 Å². The maximum atomic E-state index is 11.4. The van der Waals surface area contributed by atoms with Gasteiger partial charge in [-0.1, -0.05) is 36.4 Å². The van der Waals surface area contributed by atoms with Gasteiger partial charge in [0.2, 0.25) is 0 Å². The summed E-state index contributed by atoms with van der Waals surface area (Å²) in [6.45, 7) is 4.48. The molecule has 4 nitrogen and oxygen atoms in total. The smallest absolute Gasteiger partial charge is 0.313 e. The Bertz CT molecular complexity index is 659. The van der Waals surface area contributed by atoms with Crippen molar-refractivity contribution < 1.29 is 19.4 Å². The summed E-state index contributed by atoms with van der Waals surface area (Å²) in [5.41, 5.74) is 1.87. The number of hydrogen-bond acceptors (Lipinski definition) is 3. The lowest BCUT2D eigenvalue weighted by Gasteiger charge is -2.20. The van der Waals surface area contributed by atoms with E-state index in [-0.39, 0.29) is 0 Å². The molecule has 1 N–H and O–H groups in total. The molecule has 0 unspecified atom stereocenters. The Hall–Kier alpha value is -2.33. The normalized spacial score (nSPS) is 11.3. The molecule has 122 valence electrons. The van der Waals surface area contributed by atoms with Gasteiger partial charge in [0.15, 0.2) is 0 Å². The van der Waals surface area contributed by atoms with Crippen LogP contribution >= 0.6 is 0 Å². The van der Waals surface area contributed by atoms with Crippen LogP contribution in [-0.2, 0) is 14.9 Å². The van der Waals surface area contributed by atoms with Crippen molar-refractivity contribution in [2.75, 3.05) is 20.3 Å². The average Bonchev–Trinajstić information content (AvgIpc) is 2.56. The van der Waals surface area contributed by atoms with Gasteiger partial charge in [0, 0.05) is 7.11 Å². The quantitative estimate of drug-likeness (QED) is 0.791. The lowest BCUT2D eigenvalue weighted by atomic mass is 9.83. The molecule has 0 amide bonds. The van der Waals surface area contributed by atoms with Crippen LogP contribution in [-0.4, -0.2) is 31.4 Å². The van der Waals surface area contributed by atoms with Crippen LogP contribution in [0.4, 0.5) is 0 Å². The Kier molecular flexibility index (Phi) is 5.40. The Morgan fingerprint density at radius 1 is 1.04 bits per heavy atom. The summed E-state index contributed by atoms with van der Waals surface area (Å²) in [5, 5.41) is 9.37. The van der Waals surface area contributed by atoms with Gasteiger partial charge >= 0.3 is 5.97 Å². The van der Waals surface area contributed by atoms with E-state index < -0.39 is 11.4 Å². The molecular weight excluding hydrogens is 292 g/mol. The largest absolute Gasteiger partial charge is 0.491 e. The van der Waals surface area contributed by atoms with Gasteiger partial charge in [0.25, 0.3) is 0 Å². The summed E-state index contributed by atoms with van der Waals surface area (Å²) < 4.78 is 10.5. The molecule has 0 aliphatic heterocycles. The molecule has 0 saturated carbocycles. The Balaban J connectivity index is 2.21. The molecule has 0 radical (unpaired) electrons. The number of carbonyl (C=O) groups is 1. The summed E-state index contributed by atoms with van der Waals surface area (Å²) in [6, 6.07) is 15.4. The van der Waals surface area contributed by atoms with E-state index in [2.05, 4.69) is 0 Å². The van der Waals surface area contributed by atoms with E-state index in [4.69, 9.17) is 9.47 Å². The number of benzene rings is 2. The number of ether oxygens (including phenoxy) is 2. The molecule has 0 aliphatic carbocycles. The lowest BCUT2D eigenvalue weighted by molar-refractivity contribution is -0.142. The molecule has 0 fully saturated rings. The van der Waals surface area contributed by atoms with E-state index in [9.17, 15) is 9.90 Å². The van der Waals surface area contributed by atoms with Crippen molar-refractivity contribution in [3.05, 3.63) is 54.1 Å². The second-order valence-corrected chi connectivity index (χ2v) is 5.88. The van der Waals surface area contributed by atoms with E-state index in [1.54, 1.807) is 21.0 Å². The number of methoxy groups -OCH3 is 1. The summed E-state index contributed by atoms with van der Waals surface area (Å²) in [5.74, 6) is -0.0515. The van der Waals surface area contributed by atoms with Gasteiger partial charge in [-0.25, -0.2) is 0 Å². The van der Waals surface area contributed by atoms with Crippen LogP contribution in [0.5, 0.6) is 5.75 Å². The topological polar surface area (TPSA) is 55.8 Å². The highest BCUT2D eigenvalue weighted by atomic mass is 16.5. The van der Waals surface area contributed by atoms with Crippen molar-refractivity contribution in [2.45, 2.75) is 19.3 Å². The third kappa shape index (κ3) is 4.11. The molecule has 4 heteroatoms. The third-order valence-corrected chi connectivity index (χ3v) is 3.86. The highest BCUT2D eigenvalue weighted by Gasteiger charge is 2.29. The van der Waals surface area contributed by atoms with Crippen LogP contribution in [0.1, 0.15) is 19.4 Å². The third-order valence-electron chi connectivity index (χ3n) is 3.86. The average molecular weight is 314 g/mol. The van der Waals surface area contributed by atoms with E-state index in [1.165, 1.54) is 0 Å². The minimum atomic E-state index is -0.917. The Morgan fingerprint density at radius 3 is 2.35 bits per heavy atom. The molecule has 2 rings (SSSR count). The zero-order chi connectivity index (χ0) is 16.9. The van der Waals surface area contributed by atoms with E-state index >= 15 is 0 Å². The molecule has 0 saturated heterocycles. The SMILES string of the molecule is COCCOc1ccc(-c2cccc(C(C)(C)C(=O)O)c2)cc1. The highest BCUT2D eigenvalue weighted by molar-refractivity contribution is 5.81. The van der Waals surface area contributed by atoms with E-state index in [0.717, 1.165) is 22.4 Å². The maximum absolute atomic E-state index is 11.4. The van der Waals surface area contributed by atoms with Gasteiger partial charge in [-0.3, -0.25) is 4.79 Å². The van der Waals surface area contributed by atoms with Crippen molar-refractivity contribution >= 4 is 5.97 Å².